The number of thioether (sulfide) groups is 1. The van der Waals surface area contributed by atoms with Gasteiger partial charge in [0.1, 0.15) is 5.51 Å². The molecule has 0 saturated carbocycles. The lowest BCUT2D eigenvalue weighted by Gasteiger charge is -2.06. The third-order valence-corrected chi connectivity index (χ3v) is 4.94. The number of rotatable bonds is 8. The summed E-state index contributed by atoms with van der Waals surface area (Å²) < 4.78 is 6.53. The molecule has 3 aromatic heterocycles. The van der Waals surface area contributed by atoms with Crippen molar-refractivity contribution in [3.8, 4) is 0 Å². The van der Waals surface area contributed by atoms with Crippen LogP contribution in [0.3, 0.4) is 0 Å². The zero-order valence-electron chi connectivity index (χ0n) is 14.7. The molecule has 2 N–H and O–H groups in total. The minimum absolute atomic E-state index is 0.0467. The van der Waals surface area contributed by atoms with Gasteiger partial charge in [0.2, 0.25) is 16.9 Å². The summed E-state index contributed by atoms with van der Waals surface area (Å²) in [6.45, 7) is 5.26. The number of anilines is 1. The van der Waals surface area contributed by atoms with Gasteiger partial charge in [-0.2, -0.15) is 0 Å². The summed E-state index contributed by atoms with van der Waals surface area (Å²) in [6, 6.07) is 0. The van der Waals surface area contributed by atoms with E-state index in [1.165, 1.54) is 22.9 Å². The lowest BCUT2D eigenvalue weighted by molar-refractivity contribution is -0.113. The Kier molecular flexibility index (Phi) is 6.16. The van der Waals surface area contributed by atoms with Crippen molar-refractivity contribution in [1.29, 1.82) is 0 Å². The highest BCUT2D eigenvalue weighted by Gasteiger charge is 2.16. The summed E-state index contributed by atoms with van der Waals surface area (Å²) in [5, 5.41) is 18.3. The molecule has 3 rings (SSSR count). The molecule has 0 spiro atoms. The van der Waals surface area contributed by atoms with Gasteiger partial charge in [0, 0.05) is 17.8 Å². The van der Waals surface area contributed by atoms with Gasteiger partial charge in [-0.3, -0.25) is 19.5 Å². The molecule has 11 nitrogen and oxygen atoms in total. The summed E-state index contributed by atoms with van der Waals surface area (Å²) in [7, 11) is 0. The highest BCUT2D eigenvalue weighted by atomic mass is 32.2. The number of allylic oxidation sites excluding steroid dienone is 1. The van der Waals surface area contributed by atoms with E-state index in [1.807, 2.05) is 0 Å². The van der Waals surface area contributed by atoms with Crippen LogP contribution in [0.5, 0.6) is 0 Å². The van der Waals surface area contributed by atoms with Crippen molar-refractivity contribution in [2.75, 3.05) is 11.1 Å². The molecule has 0 saturated heterocycles. The molecule has 1 amide bonds. The minimum atomic E-state index is -0.505. The van der Waals surface area contributed by atoms with E-state index in [9.17, 15) is 14.4 Å². The normalized spacial score (nSPS) is 10.8. The van der Waals surface area contributed by atoms with Crippen LogP contribution in [-0.4, -0.2) is 41.6 Å². The van der Waals surface area contributed by atoms with Crippen LogP contribution in [0.15, 0.2) is 37.4 Å². The minimum Gasteiger partial charge on any atom is -0.416 e. The maximum Gasteiger partial charge on any atom is 0.328 e. The Bertz CT molecular complexity index is 1100. The molecule has 0 fully saturated rings. The van der Waals surface area contributed by atoms with Gasteiger partial charge >= 0.3 is 5.69 Å². The standard InChI is InChI=1S/C15H15N7O4S2/c1-3-4-22-12(24)9(8(2)17-14(22)25)5-11-19-21-15(26-11)27-6-10(23)18-13-20-16-7-28-13/h3,7H,1,4-6H2,2H3,(H,17,25)(H,18,20,23). The van der Waals surface area contributed by atoms with Crippen LogP contribution < -0.4 is 16.6 Å². The number of H-pyrrole nitrogens is 1. The second-order valence-electron chi connectivity index (χ2n) is 5.46. The molecule has 0 aliphatic carbocycles. The van der Waals surface area contributed by atoms with E-state index in [1.54, 1.807) is 6.92 Å². The summed E-state index contributed by atoms with van der Waals surface area (Å²) in [6.07, 6.45) is 1.52. The first kappa shape index (κ1) is 19.7. The monoisotopic (exact) mass is 421 g/mol. The maximum absolute atomic E-state index is 12.5. The molecule has 0 atom stereocenters. The zero-order valence-corrected chi connectivity index (χ0v) is 16.3. The van der Waals surface area contributed by atoms with E-state index in [2.05, 4.69) is 37.3 Å². The molecule has 3 aromatic rings. The molecule has 28 heavy (non-hydrogen) atoms. The number of amides is 1. The van der Waals surface area contributed by atoms with Crippen LogP contribution in [-0.2, 0) is 17.8 Å². The average Bonchev–Trinajstić information content (AvgIpc) is 3.32. The summed E-state index contributed by atoms with van der Waals surface area (Å²) in [4.78, 5) is 38.9. The number of aromatic amines is 1. The Balaban J connectivity index is 1.67. The first-order valence-corrected chi connectivity index (χ1v) is 9.79. The SMILES string of the molecule is C=CCn1c(=O)[nH]c(C)c(Cc2nnc(SCC(=O)Nc3nncs3)o2)c1=O. The van der Waals surface area contributed by atoms with Crippen LogP contribution >= 0.6 is 23.1 Å². The molecule has 0 bridgehead atoms. The van der Waals surface area contributed by atoms with Crippen molar-refractivity contribution < 1.29 is 9.21 Å². The summed E-state index contributed by atoms with van der Waals surface area (Å²) in [5.41, 5.74) is 1.34. The predicted molar refractivity (Wildman–Crippen MR) is 103 cm³/mol. The van der Waals surface area contributed by atoms with Gasteiger partial charge in [-0.25, -0.2) is 4.79 Å². The summed E-state index contributed by atoms with van der Waals surface area (Å²) in [5.74, 6) is -0.0416. The third-order valence-electron chi connectivity index (χ3n) is 3.52. The third kappa shape index (κ3) is 4.61. The van der Waals surface area contributed by atoms with E-state index in [-0.39, 0.29) is 35.7 Å². The van der Waals surface area contributed by atoms with Gasteiger partial charge < -0.3 is 9.40 Å². The second-order valence-corrected chi connectivity index (χ2v) is 7.22. The van der Waals surface area contributed by atoms with Crippen LogP contribution in [0, 0.1) is 6.92 Å². The smallest absolute Gasteiger partial charge is 0.328 e. The van der Waals surface area contributed by atoms with Crippen molar-refractivity contribution in [2.45, 2.75) is 25.1 Å². The van der Waals surface area contributed by atoms with Gasteiger partial charge in [-0.1, -0.05) is 29.2 Å². The number of aryl methyl sites for hydroxylation is 1. The number of aromatic nitrogens is 6. The molecule has 0 aliphatic heterocycles. The Labute approximate surface area is 165 Å². The second kappa shape index (κ2) is 8.75. The maximum atomic E-state index is 12.5. The Morgan fingerprint density at radius 1 is 1.43 bits per heavy atom. The Hall–Kier alpha value is -3.06. The van der Waals surface area contributed by atoms with E-state index in [0.717, 1.165) is 16.3 Å². The number of nitrogens with zero attached hydrogens (tertiary/aromatic N) is 5. The van der Waals surface area contributed by atoms with Crippen LogP contribution in [0.1, 0.15) is 17.1 Å². The Morgan fingerprint density at radius 2 is 2.25 bits per heavy atom. The first-order chi connectivity index (χ1) is 13.5. The number of carbonyl (C=O) groups is 1. The van der Waals surface area contributed by atoms with Crippen molar-refractivity contribution in [3.05, 3.63) is 56.2 Å². The number of nitrogens with one attached hydrogen (secondary N) is 2. The fourth-order valence-corrected chi connectivity index (χ4v) is 3.29. The van der Waals surface area contributed by atoms with E-state index in [4.69, 9.17) is 4.42 Å². The molecule has 146 valence electrons. The van der Waals surface area contributed by atoms with Crippen molar-refractivity contribution >= 4 is 34.1 Å². The first-order valence-electron chi connectivity index (χ1n) is 7.92. The topological polar surface area (TPSA) is 149 Å². The Morgan fingerprint density at radius 3 is 2.96 bits per heavy atom. The van der Waals surface area contributed by atoms with E-state index >= 15 is 0 Å². The fourth-order valence-electron chi connectivity index (χ4n) is 2.25. The molecule has 0 radical (unpaired) electrons. The lowest BCUT2D eigenvalue weighted by atomic mass is 10.1. The average molecular weight is 421 g/mol. The fraction of sp³-hybridized carbons (Fsp3) is 0.267. The molecule has 13 heteroatoms. The molecule has 3 heterocycles. The highest BCUT2D eigenvalue weighted by molar-refractivity contribution is 7.99. The molecule has 0 unspecified atom stereocenters. The number of carbonyl (C=O) groups excluding carboxylic acids is 1. The molecule has 0 aliphatic rings. The van der Waals surface area contributed by atoms with E-state index < -0.39 is 11.2 Å². The predicted octanol–water partition coefficient (Wildman–Crippen LogP) is 0.587. The number of hydrogen-bond acceptors (Lipinski definition) is 10. The van der Waals surface area contributed by atoms with Crippen LogP contribution in [0.2, 0.25) is 0 Å². The van der Waals surface area contributed by atoms with E-state index in [0.29, 0.717) is 16.4 Å². The van der Waals surface area contributed by atoms with Gasteiger partial charge in [0.05, 0.1) is 12.2 Å². The van der Waals surface area contributed by atoms with Gasteiger partial charge in [0.25, 0.3) is 10.8 Å². The molecule has 0 aromatic carbocycles. The highest BCUT2D eigenvalue weighted by Crippen LogP contribution is 2.18. The lowest BCUT2D eigenvalue weighted by Crippen LogP contribution is -2.37. The summed E-state index contributed by atoms with van der Waals surface area (Å²) >= 11 is 2.26. The van der Waals surface area contributed by atoms with Crippen molar-refractivity contribution in [2.24, 2.45) is 0 Å². The van der Waals surface area contributed by atoms with Crippen molar-refractivity contribution in [1.82, 2.24) is 29.9 Å². The van der Waals surface area contributed by atoms with Gasteiger partial charge in [-0.05, 0) is 6.92 Å². The van der Waals surface area contributed by atoms with Crippen LogP contribution in [0.25, 0.3) is 0 Å². The molecular weight excluding hydrogens is 406 g/mol. The molecular formula is C15H15N7O4S2. The van der Waals surface area contributed by atoms with Gasteiger partial charge in [-0.15, -0.1) is 27.0 Å². The quantitative estimate of drug-likeness (QED) is 0.393. The van der Waals surface area contributed by atoms with Crippen LogP contribution in [0.4, 0.5) is 5.13 Å². The zero-order chi connectivity index (χ0) is 20.1. The number of hydrogen-bond donors (Lipinski definition) is 2. The van der Waals surface area contributed by atoms with Crippen molar-refractivity contribution in [3.63, 3.8) is 0 Å². The largest absolute Gasteiger partial charge is 0.416 e. The van der Waals surface area contributed by atoms with Gasteiger partial charge in [0.15, 0.2) is 0 Å².